The second kappa shape index (κ2) is 8.61. The molecule has 1 aliphatic heterocycles. The van der Waals surface area contributed by atoms with E-state index in [4.69, 9.17) is 5.11 Å². The van der Waals surface area contributed by atoms with E-state index in [1.54, 1.807) is 16.2 Å². The third-order valence-electron chi connectivity index (χ3n) is 3.81. The largest absolute Gasteiger partial charge is 0.480 e. The molecule has 136 valence electrons. The van der Waals surface area contributed by atoms with Crippen LogP contribution in [0.5, 0.6) is 0 Å². The SMILES string of the molecule is Cl.O=C(O)CNC(=O)CN1CCN(C(=O)c2cc3sccc3s2)CC1. The van der Waals surface area contributed by atoms with E-state index in [0.29, 0.717) is 26.2 Å². The summed E-state index contributed by atoms with van der Waals surface area (Å²) in [4.78, 5) is 39.1. The number of halogens is 1. The van der Waals surface area contributed by atoms with Gasteiger partial charge in [-0.25, -0.2) is 0 Å². The molecule has 0 bridgehead atoms. The maximum absolute atomic E-state index is 12.6. The Morgan fingerprint density at radius 3 is 2.52 bits per heavy atom. The topological polar surface area (TPSA) is 89.9 Å². The number of piperazine rings is 1. The Balaban J connectivity index is 0.00000225. The van der Waals surface area contributed by atoms with Crippen LogP contribution in [0.2, 0.25) is 0 Å². The molecular formula is C15H18ClN3O4S2. The van der Waals surface area contributed by atoms with Gasteiger partial charge >= 0.3 is 5.97 Å². The number of hydrogen-bond donors (Lipinski definition) is 2. The van der Waals surface area contributed by atoms with Crippen molar-refractivity contribution in [2.75, 3.05) is 39.3 Å². The molecule has 1 aliphatic rings. The number of carbonyl (C=O) groups is 3. The van der Waals surface area contributed by atoms with Gasteiger partial charge in [0, 0.05) is 35.6 Å². The van der Waals surface area contributed by atoms with Gasteiger partial charge in [0.1, 0.15) is 6.54 Å². The number of rotatable bonds is 5. The predicted molar refractivity (Wildman–Crippen MR) is 99.9 cm³/mol. The lowest BCUT2D eigenvalue weighted by Gasteiger charge is -2.34. The Bertz CT molecular complexity index is 739. The number of hydrogen-bond acceptors (Lipinski definition) is 6. The van der Waals surface area contributed by atoms with Gasteiger partial charge < -0.3 is 15.3 Å². The Morgan fingerprint density at radius 1 is 1.16 bits per heavy atom. The molecular weight excluding hydrogens is 386 g/mol. The predicted octanol–water partition coefficient (Wildman–Crippen LogP) is 1.34. The van der Waals surface area contributed by atoms with E-state index in [1.807, 2.05) is 22.4 Å². The fourth-order valence-corrected chi connectivity index (χ4v) is 4.65. The summed E-state index contributed by atoms with van der Waals surface area (Å²) >= 11 is 3.14. The molecule has 0 unspecified atom stereocenters. The van der Waals surface area contributed by atoms with Gasteiger partial charge in [-0.15, -0.1) is 35.1 Å². The van der Waals surface area contributed by atoms with E-state index in [0.717, 1.165) is 14.3 Å². The number of aliphatic carboxylic acids is 1. The summed E-state index contributed by atoms with van der Waals surface area (Å²) in [5.74, 6) is -1.33. The highest BCUT2D eigenvalue weighted by Crippen LogP contribution is 2.30. The maximum atomic E-state index is 12.6. The van der Waals surface area contributed by atoms with Gasteiger partial charge in [-0.2, -0.15) is 0 Å². The Kier molecular flexibility index (Phi) is 6.77. The summed E-state index contributed by atoms with van der Waals surface area (Å²) in [7, 11) is 0. The summed E-state index contributed by atoms with van der Waals surface area (Å²) in [5.41, 5.74) is 0. The van der Waals surface area contributed by atoms with Crippen LogP contribution < -0.4 is 5.32 Å². The fourth-order valence-electron chi connectivity index (χ4n) is 2.57. The molecule has 10 heteroatoms. The average molecular weight is 404 g/mol. The van der Waals surface area contributed by atoms with Crippen LogP contribution >= 0.6 is 35.1 Å². The molecule has 1 saturated heterocycles. The lowest BCUT2D eigenvalue weighted by atomic mass is 10.3. The van der Waals surface area contributed by atoms with Crippen LogP contribution in [-0.4, -0.2) is 72.0 Å². The first-order valence-electron chi connectivity index (χ1n) is 7.50. The van der Waals surface area contributed by atoms with E-state index < -0.39 is 5.97 Å². The van der Waals surface area contributed by atoms with Crippen molar-refractivity contribution in [1.29, 1.82) is 0 Å². The maximum Gasteiger partial charge on any atom is 0.322 e. The molecule has 0 aliphatic carbocycles. The average Bonchev–Trinajstić information content (AvgIpc) is 3.14. The molecule has 3 heterocycles. The van der Waals surface area contributed by atoms with Gasteiger partial charge in [0.15, 0.2) is 0 Å². The number of nitrogens with one attached hydrogen (secondary N) is 1. The first kappa shape index (κ1) is 19.6. The molecule has 0 saturated carbocycles. The van der Waals surface area contributed by atoms with E-state index in [-0.39, 0.29) is 37.3 Å². The van der Waals surface area contributed by atoms with E-state index in [9.17, 15) is 14.4 Å². The number of nitrogens with zero attached hydrogens (tertiary/aromatic N) is 2. The molecule has 3 rings (SSSR count). The number of fused-ring (bicyclic) bond motifs is 1. The number of carboxylic acids is 1. The lowest BCUT2D eigenvalue weighted by Crippen LogP contribution is -2.51. The summed E-state index contributed by atoms with van der Waals surface area (Å²) in [6.07, 6.45) is 0. The van der Waals surface area contributed by atoms with Crippen molar-refractivity contribution >= 4 is 62.3 Å². The van der Waals surface area contributed by atoms with E-state index in [1.165, 1.54) is 11.3 Å². The zero-order valence-corrected chi connectivity index (χ0v) is 15.7. The zero-order valence-electron chi connectivity index (χ0n) is 13.3. The minimum absolute atomic E-state index is 0. The normalized spacial score (nSPS) is 15.0. The molecule has 2 aromatic rings. The molecule has 2 N–H and O–H groups in total. The van der Waals surface area contributed by atoms with Gasteiger partial charge in [0.05, 0.1) is 11.4 Å². The molecule has 0 radical (unpaired) electrons. The monoisotopic (exact) mass is 403 g/mol. The van der Waals surface area contributed by atoms with Crippen molar-refractivity contribution in [2.45, 2.75) is 0 Å². The van der Waals surface area contributed by atoms with Crippen LogP contribution in [0.1, 0.15) is 9.67 Å². The second-order valence-electron chi connectivity index (χ2n) is 5.50. The molecule has 0 aromatic carbocycles. The molecule has 7 nitrogen and oxygen atoms in total. The van der Waals surface area contributed by atoms with Crippen molar-refractivity contribution in [3.63, 3.8) is 0 Å². The molecule has 25 heavy (non-hydrogen) atoms. The Hall–Kier alpha value is -1.68. The Morgan fingerprint density at radius 2 is 1.88 bits per heavy atom. The molecule has 1 fully saturated rings. The van der Waals surface area contributed by atoms with Crippen molar-refractivity contribution in [3.05, 3.63) is 22.4 Å². The highest BCUT2D eigenvalue weighted by Gasteiger charge is 2.24. The number of carbonyl (C=O) groups excluding carboxylic acids is 2. The molecule has 0 atom stereocenters. The summed E-state index contributed by atoms with van der Waals surface area (Å²) < 4.78 is 2.27. The minimum Gasteiger partial charge on any atom is -0.480 e. The number of carboxylic acid groups (broad SMARTS) is 1. The highest BCUT2D eigenvalue weighted by molar-refractivity contribution is 7.27. The van der Waals surface area contributed by atoms with Crippen molar-refractivity contribution < 1.29 is 19.5 Å². The zero-order chi connectivity index (χ0) is 17.1. The molecule has 2 amide bonds. The summed E-state index contributed by atoms with van der Waals surface area (Å²) in [6.45, 7) is 2.13. The Labute approximate surface area is 158 Å². The van der Waals surface area contributed by atoms with Crippen LogP contribution in [-0.2, 0) is 9.59 Å². The second-order valence-corrected chi connectivity index (χ2v) is 7.53. The molecule has 0 spiro atoms. The third-order valence-corrected chi connectivity index (χ3v) is 5.90. The highest BCUT2D eigenvalue weighted by atomic mass is 35.5. The van der Waals surface area contributed by atoms with Crippen LogP contribution in [0, 0.1) is 0 Å². The van der Waals surface area contributed by atoms with E-state index >= 15 is 0 Å². The summed E-state index contributed by atoms with van der Waals surface area (Å²) in [5, 5.41) is 12.9. The van der Waals surface area contributed by atoms with Crippen molar-refractivity contribution in [3.8, 4) is 0 Å². The quantitative estimate of drug-likeness (QED) is 0.786. The van der Waals surface area contributed by atoms with Crippen molar-refractivity contribution in [1.82, 2.24) is 15.1 Å². The first-order valence-corrected chi connectivity index (χ1v) is 9.19. The molecule has 2 aromatic heterocycles. The standard InChI is InChI=1S/C15H17N3O4S2.ClH/c19-13(16-8-14(20)21)9-17-2-4-18(5-3-17)15(22)12-7-11-10(24-12)1-6-23-11;/h1,6-7H,2-5,8-9H2,(H,16,19)(H,20,21);1H. The van der Waals surface area contributed by atoms with Gasteiger partial charge in [-0.05, 0) is 17.5 Å². The minimum atomic E-state index is -1.06. The van der Waals surface area contributed by atoms with Gasteiger partial charge in [-0.3, -0.25) is 19.3 Å². The summed E-state index contributed by atoms with van der Waals surface area (Å²) in [6, 6.07) is 3.97. The van der Waals surface area contributed by atoms with Crippen LogP contribution in [0.3, 0.4) is 0 Å². The smallest absolute Gasteiger partial charge is 0.322 e. The first-order chi connectivity index (χ1) is 11.5. The van der Waals surface area contributed by atoms with Crippen LogP contribution in [0.4, 0.5) is 0 Å². The van der Waals surface area contributed by atoms with E-state index in [2.05, 4.69) is 5.32 Å². The van der Waals surface area contributed by atoms with Crippen LogP contribution in [0.15, 0.2) is 17.5 Å². The van der Waals surface area contributed by atoms with Crippen molar-refractivity contribution in [2.24, 2.45) is 0 Å². The van der Waals surface area contributed by atoms with Gasteiger partial charge in [0.25, 0.3) is 5.91 Å². The number of thiophene rings is 2. The third kappa shape index (κ3) is 4.91. The lowest BCUT2D eigenvalue weighted by molar-refractivity contribution is -0.138. The van der Waals surface area contributed by atoms with Crippen LogP contribution in [0.25, 0.3) is 9.40 Å². The number of amides is 2. The van der Waals surface area contributed by atoms with Gasteiger partial charge in [-0.1, -0.05) is 0 Å². The van der Waals surface area contributed by atoms with Gasteiger partial charge in [0.2, 0.25) is 5.91 Å². The fraction of sp³-hybridized carbons (Fsp3) is 0.400.